The van der Waals surface area contributed by atoms with Crippen LogP contribution < -0.4 is 15.2 Å². The Hall–Kier alpha value is -3.48. The average Bonchev–Trinajstić information content (AvgIpc) is 2.71. The minimum atomic E-state index is -0.381. The summed E-state index contributed by atoms with van der Waals surface area (Å²) in [5, 5.41) is 0. The van der Waals surface area contributed by atoms with Gasteiger partial charge < -0.3 is 24.8 Å². The number of anilines is 1. The third-order valence-corrected chi connectivity index (χ3v) is 4.96. The largest absolute Gasteiger partial charge is 0.493 e. The Balaban J connectivity index is 1.92. The van der Waals surface area contributed by atoms with Crippen molar-refractivity contribution in [1.82, 2.24) is 0 Å². The van der Waals surface area contributed by atoms with Crippen LogP contribution in [-0.4, -0.2) is 36.3 Å². The molecule has 7 heteroatoms. The number of benzene rings is 2. The standard InChI is InChI=1S/C24H25NO6/c1-14(26)6-4-10-30-19-9-3-8-17-21(19)24(29)22-18(23(17)28)12-16(25)13-20(22)31-11-5-7-15(2)27/h3,8-9,12-13H,4-7,10-11,25H2,1-2H3. The molecule has 3 rings (SSSR count). The van der Waals surface area contributed by atoms with E-state index in [9.17, 15) is 19.2 Å². The van der Waals surface area contributed by atoms with Crippen LogP contribution in [0.4, 0.5) is 5.69 Å². The van der Waals surface area contributed by atoms with E-state index >= 15 is 0 Å². The average molecular weight is 423 g/mol. The summed E-state index contributed by atoms with van der Waals surface area (Å²) < 4.78 is 11.5. The van der Waals surface area contributed by atoms with E-state index < -0.39 is 0 Å². The SMILES string of the molecule is CC(=O)CCCOc1cccc2c1C(=O)c1c(OCCCC(C)=O)cc(N)cc1C2=O. The van der Waals surface area contributed by atoms with Gasteiger partial charge in [-0.25, -0.2) is 0 Å². The highest BCUT2D eigenvalue weighted by Gasteiger charge is 2.35. The predicted molar refractivity (Wildman–Crippen MR) is 115 cm³/mol. The number of nitrogen functional groups attached to an aromatic ring is 1. The number of ketones is 4. The van der Waals surface area contributed by atoms with Crippen LogP contribution in [0.25, 0.3) is 0 Å². The summed E-state index contributed by atoms with van der Waals surface area (Å²) in [6.45, 7) is 3.47. The number of nitrogens with two attached hydrogens (primary N) is 1. The fraction of sp³-hybridized carbons (Fsp3) is 0.333. The normalized spacial score (nSPS) is 12.2. The molecule has 0 aliphatic heterocycles. The molecule has 0 spiro atoms. The molecule has 2 aromatic carbocycles. The molecular weight excluding hydrogens is 398 g/mol. The quantitative estimate of drug-likeness (QED) is 0.392. The maximum Gasteiger partial charge on any atom is 0.201 e. The number of hydrogen-bond donors (Lipinski definition) is 1. The lowest BCUT2D eigenvalue weighted by molar-refractivity contribution is -0.118. The van der Waals surface area contributed by atoms with Crippen molar-refractivity contribution in [3.63, 3.8) is 0 Å². The molecule has 2 N–H and O–H groups in total. The van der Waals surface area contributed by atoms with Crippen molar-refractivity contribution in [3.05, 3.63) is 52.6 Å². The van der Waals surface area contributed by atoms with Gasteiger partial charge in [0.25, 0.3) is 0 Å². The molecule has 0 unspecified atom stereocenters. The number of carbonyl (C=O) groups is 4. The predicted octanol–water partition coefficient (Wildman–Crippen LogP) is 3.54. The number of hydrogen-bond acceptors (Lipinski definition) is 7. The van der Waals surface area contributed by atoms with Crippen molar-refractivity contribution in [3.8, 4) is 11.5 Å². The van der Waals surface area contributed by atoms with Crippen LogP contribution in [-0.2, 0) is 9.59 Å². The smallest absolute Gasteiger partial charge is 0.201 e. The van der Waals surface area contributed by atoms with E-state index in [-0.39, 0.29) is 64.4 Å². The second-order valence-corrected chi connectivity index (χ2v) is 7.59. The van der Waals surface area contributed by atoms with E-state index in [1.807, 2.05) is 0 Å². The first-order chi connectivity index (χ1) is 14.8. The number of rotatable bonds is 10. The van der Waals surface area contributed by atoms with Gasteiger partial charge in [0, 0.05) is 35.7 Å². The number of Topliss-reactive ketones (excluding diaryl/α,β-unsaturated/α-hetero) is 2. The van der Waals surface area contributed by atoms with Gasteiger partial charge in [0.1, 0.15) is 23.1 Å². The molecular formula is C24H25NO6. The molecule has 0 atom stereocenters. The first-order valence-corrected chi connectivity index (χ1v) is 10.2. The van der Waals surface area contributed by atoms with Crippen LogP contribution in [0.2, 0.25) is 0 Å². The second-order valence-electron chi connectivity index (χ2n) is 7.59. The lowest BCUT2D eigenvalue weighted by Gasteiger charge is -2.23. The van der Waals surface area contributed by atoms with Crippen LogP contribution in [0.3, 0.4) is 0 Å². The molecule has 0 aromatic heterocycles. The van der Waals surface area contributed by atoms with Gasteiger partial charge in [0.05, 0.1) is 24.3 Å². The lowest BCUT2D eigenvalue weighted by atomic mass is 9.83. The number of fused-ring (bicyclic) bond motifs is 2. The summed E-state index contributed by atoms with van der Waals surface area (Å²) in [6, 6.07) is 7.85. The summed E-state index contributed by atoms with van der Waals surface area (Å²) in [5.74, 6) is -0.0978. The highest BCUT2D eigenvalue weighted by Crippen LogP contribution is 2.38. The molecule has 2 aromatic rings. The van der Waals surface area contributed by atoms with Crippen molar-refractivity contribution in [1.29, 1.82) is 0 Å². The lowest BCUT2D eigenvalue weighted by Crippen LogP contribution is -2.23. The Morgan fingerprint density at radius 2 is 1.39 bits per heavy atom. The van der Waals surface area contributed by atoms with Gasteiger partial charge in [0.15, 0.2) is 5.78 Å². The van der Waals surface area contributed by atoms with E-state index in [1.165, 1.54) is 26.0 Å². The first-order valence-electron chi connectivity index (χ1n) is 10.2. The topological polar surface area (TPSA) is 113 Å². The van der Waals surface area contributed by atoms with E-state index in [0.717, 1.165) is 0 Å². The molecule has 0 saturated heterocycles. The number of carbonyl (C=O) groups excluding carboxylic acids is 4. The Kier molecular flexibility index (Phi) is 6.84. The summed E-state index contributed by atoms with van der Waals surface area (Å²) in [5.41, 5.74) is 7.02. The molecule has 0 heterocycles. The number of ether oxygens (including phenoxy) is 2. The van der Waals surface area contributed by atoms with Crippen LogP contribution in [0.15, 0.2) is 30.3 Å². The minimum Gasteiger partial charge on any atom is -0.493 e. The fourth-order valence-corrected chi connectivity index (χ4v) is 3.52. The third-order valence-electron chi connectivity index (χ3n) is 4.96. The third kappa shape index (κ3) is 4.99. The van der Waals surface area contributed by atoms with Gasteiger partial charge in [-0.3, -0.25) is 9.59 Å². The van der Waals surface area contributed by atoms with Crippen molar-refractivity contribution < 1.29 is 28.7 Å². The van der Waals surface area contributed by atoms with Crippen molar-refractivity contribution in [2.24, 2.45) is 0 Å². The zero-order valence-corrected chi connectivity index (χ0v) is 17.7. The van der Waals surface area contributed by atoms with Crippen molar-refractivity contribution in [2.75, 3.05) is 18.9 Å². The monoisotopic (exact) mass is 423 g/mol. The highest BCUT2D eigenvalue weighted by atomic mass is 16.5. The Morgan fingerprint density at radius 3 is 2.00 bits per heavy atom. The second kappa shape index (κ2) is 9.55. The summed E-state index contributed by atoms with van der Waals surface area (Å²) in [4.78, 5) is 48.9. The fourth-order valence-electron chi connectivity index (χ4n) is 3.52. The van der Waals surface area contributed by atoms with Gasteiger partial charge in [-0.2, -0.15) is 0 Å². The molecule has 0 saturated carbocycles. The first kappa shape index (κ1) is 22.2. The summed E-state index contributed by atoms with van der Waals surface area (Å²) in [6.07, 6.45) is 1.74. The molecule has 0 radical (unpaired) electrons. The van der Waals surface area contributed by atoms with Crippen LogP contribution in [0, 0.1) is 0 Å². The Labute approximate surface area is 180 Å². The van der Waals surface area contributed by atoms with E-state index in [1.54, 1.807) is 18.2 Å². The summed E-state index contributed by atoms with van der Waals surface area (Å²) in [7, 11) is 0. The van der Waals surface area contributed by atoms with Crippen LogP contribution >= 0.6 is 0 Å². The molecule has 0 fully saturated rings. The van der Waals surface area contributed by atoms with Gasteiger partial charge in [-0.1, -0.05) is 12.1 Å². The van der Waals surface area contributed by atoms with Gasteiger partial charge in [-0.15, -0.1) is 0 Å². The Morgan fingerprint density at radius 1 is 0.806 bits per heavy atom. The molecule has 1 aliphatic rings. The molecule has 7 nitrogen and oxygen atoms in total. The van der Waals surface area contributed by atoms with Crippen LogP contribution in [0.5, 0.6) is 11.5 Å². The zero-order valence-electron chi connectivity index (χ0n) is 17.7. The van der Waals surface area contributed by atoms with Crippen LogP contribution in [0.1, 0.15) is 71.4 Å². The summed E-state index contributed by atoms with van der Waals surface area (Å²) >= 11 is 0. The minimum absolute atomic E-state index is 0.0462. The van der Waals surface area contributed by atoms with Crippen molar-refractivity contribution >= 4 is 28.8 Å². The van der Waals surface area contributed by atoms with Crippen molar-refractivity contribution in [2.45, 2.75) is 39.5 Å². The van der Waals surface area contributed by atoms with E-state index in [4.69, 9.17) is 15.2 Å². The maximum atomic E-state index is 13.4. The molecule has 1 aliphatic carbocycles. The Bertz CT molecular complexity index is 1060. The van der Waals surface area contributed by atoms with Gasteiger partial charge in [0.2, 0.25) is 5.78 Å². The highest BCUT2D eigenvalue weighted by molar-refractivity contribution is 6.30. The zero-order chi connectivity index (χ0) is 22.5. The van der Waals surface area contributed by atoms with E-state index in [2.05, 4.69) is 0 Å². The molecule has 31 heavy (non-hydrogen) atoms. The van der Waals surface area contributed by atoms with E-state index in [0.29, 0.717) is 37.1 Å². The molecule has 162 valence electrons. The van der Waals surface area contributed by atoms with Gasteiger partial charge in [-0.05, 0) is 38.8 Å². The molecule has 0 amide bonds. The molecule has 0 bridgehead atoms. The van der Waals surface area contributed by atoms with Gasteiger partial charge >= 0.3 is 0 Å². The maximum absolute atomic E-state index is 13.4.